The van der Waals surface area contributed by atoms with Gasteiger partial charge in [-0.3, -0.25) is 9.69 Å². The van der Waals surface area contributed by atoms with Gasteiger partial charge in [-0.2, -0.15) is 0 Å². The molecule has 0 unspecified atom stereocenters. The first-order valence-electron chi connectivity index (χ1n) is 9.86. The number of rotatable bonds is 4. The Bertz CT molecular complexity index is 1410. The molecule has 1 amide bonds. The number of hydrogen-bond acceptors (Lipinski definition) is 3. The van der Waals surface area contributed by atoms with Crippen molar-refractivity contribution >= 4 is 80.1 Å². The molecule has 0 saturated carbocycles. The summed E-state index contributed by atoms with van der Waals surface area (Å²) in [6.07, 6.45) is 3.97. The number of amides is 1. The molecule has 2 heterocycles. The molecule has 3 nitrogen and oxygen atoms in total. The molecule has 0 spiro atoms. The second kappa shape index (κ2) is 8.75. The van der Waals surface area contributed by atoms with Crippen LogP contribution in [-0.4, -0.2) is 14.8 Å². The van der Waals surface area contributed by atoms with Gasteiger partial charge in [0.05, 0.1) is 10.6 Å². The Morgan fingerprint density at radius 3 is 2.56 bits per heavy atom. The average molecular weight is 495 g/mol. The Morgan fingerprint density at radius 1 is 0.969 bits per heavy atom. The minimum Gasteiger partial charge on any atom is -0.342 e. The number of fused-ring (bicyclic) bond motifs is 1. The highest BCUT2D eigenvalue weighted by Gasteiger charge is 2.33. The molecule has 7 heteroatoms. The summed E-state index contributed by atoms with van der Waals surface area (Å²) in [6, 6.07) is 23.1. The van der Waals surface area contributed by atoms with Crippen molar-refractivity contribution in [1.82, 2.24) is 4.57 Å². The summed E-state index contributed by atoms with van der Waals surface area (Å²) in [5, 5.41) is 2.35. The fourth-order valence-electron chi connectivity index (χ4n) is 3.78. The van der Waals surface area contributed by atoms with E-state index in [1.54, 1.807) is 12.1 Å². The monoisotopic (exact) mass is 494 g/mol. The highest BCUT2D eigenvalue weighted by Crippen LogP contribution is 2.38. The number of hydrogen-bond donors (Lipinski definition) is 0. The van der Waals surface area contributed by atoms with Crippen molar-refractivity contribution in [2.45, 2.75) is 6.54 Å². The van der Waals surface area contributed by atoms with E-state index < -0.39 is 0 Å². The fraction of sp³-hybridized carbons (Fsp3) is 0.0400. The highest BCUT2D eigenvalue weighted by atomic mass is 35.5. The number of thiocarbonyl (C=S) groups is 1. The third-order valence-electron chi connectivity index (χ3n) is 5.26. The van der Waals surface area contributed by atoms with Crippen LogP contribution in [0, 0.1) is 0 Å². The molecule has 3 aromatic carbocycles. The third-order valence-corrected chi connectivity index (χ3v) is 7.17. The van der Waals surface area contributed by atoms with E-state index in [2.05, 4.69) is 22.9 Å². The highest BCUT2D eigenvalue weighted by molar-refractivity contribution is 8.27. The molecule has 1 aliphatic heterocycles. The zero-order valence-corrected chi connectivity index (χ0v) is 19.8. The van der Waals surface area contributed by atoms with Crippen LogP contribution in [0.4, 0.5) is 5.69 Å². The van der Waals surface area contributed by atoms with Crippen LogP contribution in [-0.2, 0) is 11.3 Å². The third kappa shape index (κ3) is 3.97. The van der Waals surface area contributed by atoms with E-state index in [-0.39, 0.29) is 5.91 Å². The van der Waals surface area contributed by atoms with Gasteiger partial charge >= 0.3 is 0 Å². The summed E-state index contributed by atoms with van der Waals surface area (Å²) in [6.45, 7) is 0.636. The smallest absolute Gasteiger partial charge is 0.270 e. The van der Waals surface area contributed by atoms with Crippen LogP contribution in [0.1, 0.15) is 11.1 Å². The second-order valence-electron chi connectivity index (χ2n) is 7.32. The Kier molecular flexibility index (Phi) is 5.82. The minimum absolute atomic E-state index is 0.148. The van der Waals surface area contributed by atoms with E-state index in [4.69, 9.17) is 35.4 Å². The topological polar surface area (TPSA) is 25.2 Å². The maximum Gasteiger partial charge on any atom is 0.270 e. The lowest BCUT2D eigenvalue weighted by atomic mass is 10.1. The standard InChI is InChI=1S/C25H16Cl2N2OS2/c26-18-7-5-8-19(13-18)29-24(30)23(32-25(29)31)12-17-15-28(22-11-4-2-9-20(17)22)14-16-6-1-3-10-21(16)27/h1-13,15H,14H2/b23-12+. The predicted octanol–water partition coefficient (Wildman–Crippen LogP) is 7.40. The van der Waals surface area contributed by atoms with E-state index in [1.165, 1.54) is 16.7 Å². The van der Waals surface area contributed by atoms with Gasteiger partial charge in [0.1, 0.15) is 0 Å². The van der Waals surface area contributed by atoms with E-state index in [0.29, 0.717) is 26.5 Å². The second-order valence-corrected chi connectivity index (χ2v) is 9.84. The summed E-state index contributed by atoms with van der Waals surface area (Å²) in [5.41, 5.74) is 3.74. The quantitative estimate of drug-likeness (QED) is 0.218. The largest absolute Gasteiger partial charge is 0.342 e. The van der Waals surface area contributed by atoms with E-state index in [1.807, 2.05) is 54.6 Å². The lowest BCUT2D eigenvalue weighted by Gasteiger charge is -2.14. The zero-order chi connectivity index (χ0) is 22.2. The van der Waals surface area contributed by atoms with Gasteiger partial charge < -0.3 is 4.57 Å². The van der Waals surface area contributed by atoms with Crippen molar-refractivity contribution < 1.29 is 4.79 Å². The summed E-state index contributed by atoms with van der Waals surface area (Å²) in [5.74, 6) is -0.148. The van der Waals surface area contributed by atoms with Crippen LogP contribution < -0.4 is 4.90 Å². The van der Waals surface area contributed by atoms with Gasteiger partial charge in [0.15, 0.2) is 4.32 Å². The number of anilines is 1. The van der Waals surface area contributed by atoms with Crippen molar-refractivity contribution in [3.05, 3.63) is 105 Å². The first-order valence-corrected chi connectivity index (χ1v) is 11.8. The Labute approximate surface area is 205 Å². The molecule has 0 radical (unpaired) electrons. The molecule has 5 rings (SSSR count). The zero-order valence-electron chi connectivity index (χ0n) is 16.7. The first kappa shape index (κ1) is 21.3. The first-order chi connectivity index (χ1) is 15.5. The van der Waals surface area contributed by atoms with Crippen molar-refractivity contribution in [3.63, 3.8) is 0 Å². The maximum atomic E-state index is 13.2. The van der Waals surface area contributed by atoms with Gasteiger partial charge in [-0.25, -0.2) is 0 Å². The molecule has 0 atom stereocenters. The lowest BCUT2D eigenvalue weighted by molar-refractivity contribution is -0.113. The Hall–Kier alpha value is -2.57. The lowest BCUT2D eigenvalue weighted by Crippen LogP contribution is -2.27. The van der Waals surface area contributed by atoms with Gasteiger partial charge in [-0.05, 0) is 42.0 Å². The van der Waals surface area contributed by atoms with Crippen molar-refractivity contribution in [2.24, 2.45) is 0 Å². The number of para-hydroxylation sites is 1. The van der Waals surface area contributed by atoms with Gasteiger partial charge in [-0.1, -0.05) is 89.6 Å². The van der Waals surface area contributed by atoms with Gasteiger partial charge in [-0.15, -0.1) is 0 Å². The molecule has 1 fully saturated rings. The average Bonchev–Trinajstić information content (AvgIpc) is 3.26. The predicted molar refractivity (Wildman–Crippen MR) is 140 cm³/mol. The fourth-order valence-corrected chi connectivity index (χ4v) is 5.45. The molecule has 0 bridgehead atoms. The van der Waals surface area contributed by atoms with Crippen LogP contribution in [0.5, 0.6) is 0 Å². The number of benzene rings is 3. The number of nitrogens with zero attached hydrogens (tertiary/aromatic N) is 2. The summed E-state index contributed by atoms with van der Waals surface area (Å²) in [4.78, 5) is 15.3. The molecular formula is C25H16Cl2N2OS2. The summed E-state index contributed by atoms with van der Waals surface area (Å²) >= 11 is 19.3. The normalized spacial score (nSPS) is 15.3. The Balaban J connectivity index is 1.53. The number of thioether (sulfide) groups is 1. The summed E-state index contributed by atoms with van der Waals surface area (Å²) in [7, 11) is 0. The summed E-state index contributed by atoms with van der Waals surface area (Å²) < 4.78 is 2.64. The van der Waals surface area contributed by atoms with Crippen molar-refractivity contribution in [3.8, 4) is 0 Å². The minimum atomic E-state index is -0.148. The molecule has 158 valence electrons. The number of aromatic nitrogens is 1. The molecule has 0 aliphatic carbocycles. The van der Waals surface area contributed by atoms with E-state index in [9.17, 15) is 4.79 Å². The number of carbonyl (C=O) groups is 1. The molecular weight excluding hydrogens is 479 g/mol. The van der Waals surface area contributed by atoms with Gasteiger partial charge in [0, 0.05) is 39.3 Å². The van der Waals surface area contributed by atoms with E-state index in [0.717, 1.165) is 27.1 Å². The van der Waals surface area contributed by atoms with E-state index >= 15 is 0 Å². The van der Waals surface area contributed by atoms with Crippen LogP contribution in [0.3, 0.4) is 0 Å². The van der Waals surface area contributed by atoms with Crippen LogP contribution >= 0.6 is 47.2 Å². The van der Waals surface area contributed by atoms with Crippen LogP contribution in [0.15, 0.2) is 83.9 Å². The van der Waals surface area contributed by atoms with Gasteiger partial charge in [0.2, 0.25) is 0 Å². The Morgan fingerprint density at radius 2 is 1.75 bits per heavy atom. The molecule has 4 aromatic rings. The number of carbonyl (C=O) groups excluding carboxylic acids is 1. The van der Waals surface area contributed by atoms with Crippen molar-refractivity contribution in [2.75, 3.05) is 4.90 Å². The van der Waals surface area contributed by atoms with Crippen molar-refractivity contribution in [1.29, 1.82) is 0 Å². The molecule has 1 aromatic heterocycles. The molecule has 1 aliphatic rings. The van der Waals surface area contributed by atoms with Gasteiger partial charge in [0.25, 0.3) is 5.91 Å². The number of halogens is 2. The van der Waals surface area contributed by atoms with Crippen LogP contribution in [0.25, 0.3) is 17.0 Å². The van der Waals surface area contributed by atoms with Crippen LogP contribution in [0.2, 0.25) is 10.0 Å². The SMILES string of the molecule is O=C1/C(=C\c2cn(Cc3ccccc3Cl)c3ccccc23)SC(=S)N1c1cccc(Cl)c1. The molecule has 32 heavy (non-hydrogen) atoms. The maximum absolute atomic E-state index is 13.2. The molecule has 0 N–H and O–H groups in total. The molecule has 1 saturated heterocycles.